The van der Waals surface area contributed by atoms with Gasteiger partial charge >= 0.3 is 0 Å². The molecule has 27 heavy (non-hydrogen) atoms. The van der Waals surface area contributed by atoms with E-state index in [0.29, 0.717) is 11.3 Å². The Labute approximate surface area is 157 Å². The molecule has 5 heterocycles. The van der Waals surface area contributed by atoms with E-state index in [1.807, 2.05) is 18.3 Å². The van der Waals surface area contributed by atoms with Crippen LogP contribution in [-0.4, -0.2) is 69.4 Å². The third-order valence-electron chi connectivity index (χ3n) is 5.27. The predicted molar refractivity (Wildman–Crippen MR) is 101 cm³/mol. The van der Waals surface area contributed by atoms with Crippen LogP contribution in [0.4, 0.5) is 11.6 Å². The molecule has 3 aromatic rings. The van der Waals surface area contributed by atoms with Crippen molar-refractivity contribution in [2.75, 3.05) is 49.1 Å². The van der Waals surface area contributed by atoms with Crippen LogP contribution >= 0.6 is 0 Å². The third kappa shape index (κ3) is 3.30. The lowest BCUT2D eigenvalue weighted by Gasteiger charge is -2.36. The second kappa shape index (κ2) is 7.07. The van der Waals surface area contributed by atoms with E-state index in [1.54, 1.807) is 0 Å². The van der Waals surface area contributed by atoms with Gasteiger partial charge in [-0.3, -0.25) is 9.88 Å². The van der Waals surface area contributed by atoms with Crippen LogP contribution in [0.15, 0.2) is 29.0 Å². The lowest BCUT2D eigenvalue weighted by atomic mass is 10.2. The molecule has 0 aromatic carbocycles. The smallest absolute Gasteiger partial charge is 0.245 e. The molecule has 0 unspecified atom stereocenters. The first-order valence-corrected chi connectivity index (χ1v) is 9.49. The fourth-order valence-corrected chi connectivity index (χ4v) is 3.81. The highest BCUT2D eigenvalue weighted by Gasteiger charge is 2.27. The largest absolute Gasteiger partial charge is 0.353 e. The summed E-state index contributed by atoms with van der Waals surface area (Å²) in [6, 6.07) is 6.07. The lowest BCUT2D eigenvalue weighted by molar-refractivity contribution is 0.246. The number of pyridine rings is 1. The van der Waals surface area contributed by atoms with E-state index in [9.17, 15) is 0 Å². The molecule has 9 nitrogen and oxygen atoms in total. The van der Waals surface area contributed by atoms with Gasteiger partial charge in [0.25, 0.3) is 0 Å². The van der Waals surface area contributed by atoms with E-state index >= 15 is 0 Å². The summed E-state index contributed by atoms with van der Waals surface area (Å²) in [5.41, 5.74) is 2.07. The van der Waals surface area contributed by atoms with Gasteiger partial charge < -0.3 is 9.80 Å². The normalized spacial score (nSPS) is 18.5. The first-order chi connectivity index (χ1) is 13.4. The molecular weight excluding hydrogens is 344 g/mol. The van der Waals surface area contributed by atoms with Crippen molar-refractivity contribution < 1.29 is 4.63 Å². The Kier molecular flexibility index (Phi) is 4.29. The monoisotopic (exact) mass is 366 g/mol. The zero-order chi connectivity index (χ0) is 18.1. The Balaban J connectivity index is 1.35. The number of hydrogen-bond acceptors (Lipinski definition) is 9. The average Bonchev–Trinajstić information content (AvgIpc) is 3.40. The molecular formula is C18H22N8O. The summed E-state index contributed by atoms with van der Waals surface area (Å²) in [5, 5.41) is 7.76. The summed E-state index contributed by atoms with van der Waals surface area (Å²) in [6.07, 6.45) is 4.23. The van der Waals surface area contributed by atoms with Gasteiger partial charge in [0, 0.05) is 52.0 Å². The Morgan fingerprint density at radius 3 is 2.11 bits per heavy atom. The Bertz CT molecular complexity index is 900. The highest BCUT2D eigenvalue weighted by Crippen LogP contribution is 2.30. The molecule has 2 fully saturated rings. The maximum Gasteiger partial charge on any atom is 0.245 e. The minimum absolute atomic E-state index is 0.476. The summed E-state index contributed by atoms with van der Waals surface area (Å²) >= 11 is 0. The molecule has 0 bridgehead atoms. The van der Waals surface area contributed by atoms with Crippen LogP contribution < -0.4 is 9.80 Å². The SMILES string of the molecule is c1ccc(CN2CCN(c3nc4nonc4nc3N3CCCC3)CC2)nc1. The number of rotatable bonds is 4. The Morgan fingerprint density at radius 1 is 0.815 bits per heavy atom. The fourth-order valence-electron chi connectivity index (χ4n) is 3.81. The summed E-state index contributed by atoms with van der Waals surface area (Å²) in [6.45, 7) is 6.64. The zero-order valence-corrected chi connectivity index (χ0v) is 15.2. The minimum atomic E-state index is 0.476. The standard InChI is InChI=1S/C18H22N8O/c1-2-6-19-14(5-1)13-24-9-11-26(12-10-24)18-17(25-7-3-4-8-25)20-15-16(21-18)23-27-22-15/h1-2,5-6H,3-4,7-13H2. The van der Waals surface area contributed by atoms with Crippen molar-refractivity contribution in [3.05, 3.63) is 30.1 Å². The van der Waals surface area contributed by atoms with E-state index in [0.717, 1.165) is 63.1 Å². The van der Waals surface area contributed by atoms with Gasteiger partial charge in [0.15, 0.2) is 11.6 Å². The van der Waals surface area contributed by atoms with Gasteiger partial charge in [-0.05, 0) is 35.3 Å². The number of piperazine rings is 1. The molecule has 0 saturated carbocycles. The molecule has 2 aliphatic heterocycles. The van der Waals surface area contributed by atoms with Crippen molar-refractivity contribution in [2.45, 2.75) is 19.4 Å². The van der Waals surface area contributed by atoms with Crippen molar-refractivity contribution in [1.29, 1.82) is 0 Å². The van der Waals surface area contributed by atoms with Crippen LogP contribution in [0.5, 0.6) is 0 Å². The van der Waals surface area contributed by atoms with E-state index in [4.69, 9.17) is 14.6 Å². The fraction of sp³-hybridized carbons (Fsp3) is 0.500. The van der Waals surface area contributed by atoms with Crippen LogP contribution in [0.1, 0.15) is 18.5 Å². The zero-order valence-electron chi connectivity index (χ0n) is 15.2. The van der Waals surface area contributed by atoms with Gasteiger partial charge in [0.05, 0.1) is 5.69 Å². The van der Waals surface area contributed by atoms with Crippen molar-refractivity contribution >= 4 is 22.9 Å². The number of fused-ring (bicyclic) bond motifs is 1. The summed E-state index contributed by atoms with van der Waals surface area (Å²) in [4.78, 5) is 20.9. The summed E-state index contributed by atoms with van der Waals surface area (Å²) in [7, 11) is 0. The van der Waals surface area contributed by atoms with Crippen molar-refractivity contribution in [3.63, 3.8) is 0 Å². The van der Waals surface area contributed by atoms with Gasteiger partial charge in [0.2, 0.25) is 11.3 Å². The van der Waals surface area contributed by atoms with E-state index in [2.05, 4.69) is 36.1 Å². The molecule has 5 rings (SSSR count). The number of anilines is 2. The van der Waals surface area contributed by atoms with Crippen LogP contribution in [-0.2, 0) is 6.54 Å². The highest BCUT2D eigenvalue weighted by atomic mass is 16.6. The molecule has 0 atom stereocenters. The maximum atomic E-state index is 4.83. The molecule has 0 aliphatic carbocycles. The molecule has 0 radical (unpaired) electrons. The van der Waals surface area contributed by atoms with Crippen molar-refractivity contribution in [2.24, 2.45) is 0 Å². The molecule has 0 N–H and O–H groups in total. The average molecular weight is 366 g/mol. The maximum absolute atomic E-state index is 4.83. The van der Waals surface area contributed by atoms with Gasteiger partial charge in [-0.25, -0.2) is 14.6 Å². The summed E-state index contributed by atoms with van der Waals surface area (Å²) < 4.78 is 4.83. The van der Waals surface area contributed by atoms with Crippen LogP contribution in [0.2, 0.25) is 0 Å². The van der Waals surface area contributed by atoms with Gasteiger partial charge in [0.1, 0.15) is 0 Å². The van der Waals surface area contributed by atoms with Crippen LogP contribution in [0.25, 0.3) is 11.3 Å². The van der Waals surface area contributed by atoms with Gasteiger partial charge in [-0.15, -0.1) is 0 Å². The Hall–Kier alpha value is -2.81. The quantitative estimate of drug-likeness (QED) is 0.678. The molecule has 2 saturated heterocycles. The Morgan fingerprint density at radius 2 is 1.48 bits per heavy atom. The molecule has 3 aromatic heterocycles. The van der Waals surface area contributed by atoms with Crippen LogP contribution in [0, 0.1) is 0 Å². The second-order valence-corrected chi connectivity index (χ2v) is 7.06. The topological polar surface area (TPSA) is 87.3 Å². The molecule has 0 amide bonds. The van der Waals surface area contributed by atoms with E-state index in [1.165, 1.54) is 12.8 Å². The van der Waals surface area contributed by atoms with Gasteiger partial charge in [-0.1, -0.05) is 6.07 Å². The summed E-state index contributed by atoms with van der Waals surface area (Å²) in [5.74, 6) is 1.81. The van der Waals surface area contributed by atoms with Gasteiger partial charge in [-0.2, -0.15) is 0 Å². The third-order valence-corrected chi connectivity index (χ3v) is 5.27. The van der Waals surface area contributed by atoms with Crippen LogP contribution in [0.3, 0.4) is 0 Å². The first kappa shape index (κ1) is 16.4. The van der Waals surface area contributed by atoms with E-state index < -0.39 is 0 Å². The molecule has 2 aliphatic rings. The number of hydrogen-bond donors (Lipinski definition) is 0. The molecule has 0 spiro atoms. The lowest BCUT2D eigenvalue weighted by Crippen LogP contribution is -2.46. The molecule has 140 valence electrons. The van der Waals surface area contributed by atoms with Crippen molar-refractivity contribution in [3.8, 4) is 0 Å². The van der Waals surface area contributed by atoms with Crippen molar-refractivity contribution in [1.82, 2.24) is 30.2 Å². The van der Waals surface area contributed by atoms with E-state index in [-0.39, 0.29) is 0 Å². The second-order valence-electron chi connectivity index (χ2n) is 7.06. The number of aromatic nitrogens is 5. The number of nitrogens with zero attached hydrogens (tertiary/aromatic N) is 8. The minimum Gasteiger partial charge on any atom is -0.353 e. The predicted octanol–water partition coefficient (Wildman–Crippen LogP) is 1.33. The highest BCUT2D eigenvalue weighted by molar-refractivity contribution is 5.75. The molecule has 9 heteroatoms. The first-order valence-electron chi connectivity index (χ1n) is 9.49.